The van der Waals surface area contributed by atoms with Gasteiger partial charge in [-0.2, -0.15) is 0 Å². The summed E-state index contributed by atoms with van der Waals surface area (Å²) in [6, 6.07) is 12.4. The van der Waals surface area contributed by atoms with Gasteiger partial charge in [0.15, 0.2) is 0 Å². The van der Waals surface area contributed by atoms with Gasteiger partial charge in [0.2, 0.25) is 0 Å². The second kappa shape index (κ2) is 5.85. The summed E-state index contributed by atoms with van der Waals surface area (Å²) in [7, 11) is -3.57. The van der Waals surface area contributed by atoms with Crippen LogP contribution in [0.25, 0.3) is 0 Å². The minimum Gasteiger partial charge on any atom is -0.280 e. The Kier molecular flexibility index (Phi) is 4.35. The zero-order chi connectivity index (χ0) is 14.8. The number of aryl methyl sites for hydroxylation is 2. The largest absolute Gasteiger partial charge is 0.280 e. The van der Waals surface area contributed by atoms with E-state index in [1.807, 2.05) is 13.0 Å². The summed E-state index contributed by atoms with van der Waals surface area (Å²) in [5.41, 5.74) is 3.11. The van der Waals surface area contributed by atoms with E-state index in [4.69, 9.17) is 11.6 Å². The van der Waals surface area contributed by atoms with E-state index in [0.29, 0.717) is 16.5 Å². The Labute approximate surface area is 124 Å². The topological polar surface area (TPSA) is 46.2 Å². The third-order valence-corrected chi connectivity index (χ3v) is 4.83. The molecule has 2 aromatic carbocycles. The molecule has 0 radical (unpaired) electrons. The van der Waals surface area contributed by atoms with Crippen LogP contribution in [-0.2, 0) is 15.9 Å². The molecule has 2 rings (SSSR count). The van der Waals surface area contributed by atoms with Crippen LogP contribution in [0.4, 0.5) is 5.69 Å². The standard InChI is InChI=1S/C15H16ClNO2S/c1-11-3-4-12(2)15(9-11)20(18,19)17-14-7-5-13(10-16)6-8-14/h3-9,17H,10H2,1-2H3. The summed E-state index contributed by atoms with van der Waals surface area (Å²) in [4.78, 5) is 0.305. The third kappa shape index (κ3) is 3.32. The first-order chi connectivity index (χ1) is 9.42. The van der Waals surface area contributed by atoms with Crippen molar-refractivity contribution in [3.05, 3.63) is 59.2 Å². The molecule has 0 aliphatic carbocycles. The van der Waals surface area contributed by atoms with Crippen molar-refractivity contribution in [3.63, 3.8) is 0 Å². The van der Waals surface area contributed by atoms with E-state index in [-0.39, 0.29) is 0 Å². The van der Waals surface area contributed by atoms with E-state index in [1.165, 1.54) is 0 Å². The fourth-order valence-electron chi connectivity index (χ4n) is 1.87. The Morgan fingerprint density at radius 1 is 1.05 bits per heavy atom. The highest BCUT2D eigenvalue weighted by Gasteiger charge is 2.16. The molecule has 0 spiro atoms. The minimum atomic E-state index is -3.57. The van der Waals surface area contributed by atoms with E-state index >= 15 is 0 Å². The molecule has 0 aromatic heterocycles. The predicted molar refractivity (Wildman–Crippen MR) is 82.7 cm³/mol. The first kappa shape index (κ1) is 14.9. The molecule has 0 aliphatic rings. The average Bonchev–Trinajstić information content (AvgIpc) is 2.42. The minimum absolute atomic E-state index is 0.305. The van der Waals surface area contributed by atoms with Crippen molar-refractivity contribution >= 4 is 27.3 Å². The molecule has 0 bridgehead atoms. The molecule has 20 heavy (non-hydrogen) atoms. The maximum Gasteiger partial charge on any atom is 0.262 e. The lowest BCUT2D eigenvalue weighted by Crippen LogP contribution is -2.14. The van der Waals surface area contributed by atoms with E-state index in [0.717, 1.165) is 16.7 Å². The Balaban J connectivity index is 2.32. The average molecular weight is 310 g/mol. The number of alkyl halides is 1. The molecule has 0 amide bonds. The summed E-state index contributed by atoms with van der Waals surface area (Å²) in [6.07, 6.45) is 0. The zero-order valence-corrected chi connectivity index (χ0v) is 12.9. The summed E-state index contributed by atoms with van der Waals surface area (Å²) in [5, 5.41) is 0. The van der Waals surface area contributed by atoms with Crippen LogP contribution in [0.2, 0.25) is 0 Å². The SMILES string of the molecule is Cc1ccc(C)c(S(=O)(=O)Nc2ccc(CCl)cc2)c1. The van der Waals surface area contributed by atoms with Crippen LogP contribution < -0.4 is 4.72 Å². The van der Waals surface area contributed by atoms with Gasteiger partial charge in [-0.15, -0.1) is 11.6 Å². The van der Waals surface area contributed by atoms with Gasteiger partial charge in [-0.05, 0) is 48.7 Å². The van der Waals surface area contributed by atoms with Crippen LogP contribution in [-0.4, -0.2) is 8.42 Å². The second-order valence-electron chi connectivity index (χ2n) is 4.71. The van der Waals surface area contributed by atoms with Crippen LogP contribution in [0.15, 0.2) is 47.4 Å². The number of sulfonamides is 1. The van der Waals surface area contributed by atoms with Gasteiger partial charge < -0.3 is 0 Å². The first-order valence-electron chi connectivity index (χ1n) is 6.17. The highest BCUT2D eigenvalue weighted by atomic mass is 35.5. The smallest absolute Gasteiger partial charge is 0.262 e. The number of hydrogen-bond acceptors (Lipinski definition) is 2. The highest BCUT2D eigenvalue weighted by molar-refractivity contribution is 7.92. The quantitative estimate of drug-likeness (QED) is 0.872. The summed E-state index contributed by atoms with van der Waals surface area (Å²) in [6.45, 7) is 3.65. The van der Waals surface area contributed by atoms with Gasteiger partial charge in [0.1, 0.15) is 0 Å². The van der Waals surface area contributed by atoms with Crippen molar-refractivity contribution in [1.82, 2.24) is 0 Å². The van der Waals surface area contributed by atoms with Crippen LogP contribution in [0, 0.1) is 13.8 Å². The molecular formula is C15H16ClNO2S. The van der Waals surface area contributed by atoms with E-state index in [2.05, 4.69) is 4.72 Å². The van der Waals surface area contributed by atoms with Crippen LogP contribution in [0.3, 0.4) is 0 Å². The van der Waals surface area contributed by atoms with Crippen molar-refractivity contribution in [2.75, 3.05) is 4.72 Å². The number of hydrogen-bond donors (Lipinski definition) is 1. The molecule has 106 valence electrons. The van der Waals surface area contributed by atoms with Crippen molar-refractivity contribution in [2.45, 2.75) is 24.6 Å². The molecule has 1 N–H and O–H groups in total. The zero-order valence-electron chi connectivity index (χ0n) is 11.4. The molecule has 0 aliphatic heterocycles. The molecule has 0 unspecified atom stereocenters. The molecule has 0 saturated carbocycles. The molecule has 2 aromatic rings. The van der Waals surface area contributed by atoms with Gasteiger partial charge in [0.25, 0.3) is 10.0 Å². The van der Waals surface area contributed by atoms with Crippen molar-refractivity contribution < 1.29 is 8.42 Å². The second-order valence-corrected chi connectivity index (χ2v) is 6.62. The van der Waals surface area contributed by atoms with Gasteiger partial charge in [0.05, 0.1) is 4.90 Å². The van der Waals surface area contributed by atoms with Crippen LogP contribution in [0.1, 0.15) is 16.7 Å². The van der Waals surface area contributed by atoms with Gasteiger partial charge in [-0.25, -0.2) is 8.42 Å². The van der Waals surface area contributed by atoms with Crippen molar-refractivity contribution in [3.8, 4) is 0 Å². The van der Waals surface area contributed by atoms with Gasteiger partial charge in [0, 0.05) is 11.6 Å². The van der Waals surface area contributed by atoms with E-state index in [1.54, 1.807) is 43.3 Å². The lowest BCUT2D eigenvalue weighted by atomic mass is 10.2. The number of nitrogens with one attached hydrogen (secondary N) is 1. The molecular weight excluding hydrogens is 294 g/mol. The lowest BCUT2D eigenvalue weighted by molar-refractivity contribution is 0.600. The van der Waals surface area contributed by atoms with Crippen molar-refractivity contribution in [1.29, 1.82) is 0 Å². The monoisotopic (exact) mass is 309 g/mol. The molecule has 0 atom stereocenters. The number of benzene rings is 2. The fourth-order valence-corrected chi connectivity index (χ4v) is 3.44. The summed E-state index contributed by atoms with van der Waals surface area (Å²) in [5.74, 6) is 0.407. The van der Waals surface area contributed by atoms with Gasteiger partial charge >= 0.3 is 0 Å². The maximum absolute atomic E-state index is 12.4. The first-order valence-corrected chi connectivity index (χ1v) is 8.19. The third-order valence-electron chi connectivity index (χ3n) is 2.99. The van der Waals surface area contributed by atoms with Crippen molar-refractivity contribution in [2.24, 2.45) is 0 Å². The van der Waals surface area contributed by atoms with Crippen LogP contribution in [0.5, 0.6) is 0 Å². The molecule has 0 saturated heterocycles. The Morgan fingerprint density at radius 3 is 2.30 bits per heavy atom. The number of anilines is 1. The van der Waals surface area contributed by atoms with Gasteiger partial charge in [-0.1, -0.05) is 24.3 Å². The van der Waals surface area contributed by atoms with Gasteiger partial charge in [-0.3, -0.25) is 4.72 Å². The molecule has 0 fully saturated rings. The van der Waals surface area contributed by atoms with E-state index in [9.17, 15) is 8.42 Å². The number of rotatable bonds is 4. The molecule has 5 heteroatoms. The Hall–Kier alpha value is -1.52. The van der Waals surface area contributed by atoms with E-state index < -0.39 is 10.0 Å². The maximum atomic E-state index is 12.4. The molecule has 3 nitrogen and oxygen atoms in total. The number of halogens is 1. The Morgan fingerprint density at radius 2 is 1.70 bits per heavy atom. The Bertz CT molecular complexity index is 709. The predicted octanol–water partition coefficient (Wildman–Crippen LogP) is 3.84. The normalized spacial score (nSPS) is 11.3. The fraction of sp³-hybridized carbons (Fsp3) is 0.200. The molecule has 0 heterocycles. The lowest BCUT2D eigenvalue weighted by Gasteiger charge is -2.11. The highest BCUT2D eigenvalue weighted by Crippen LogP contribution is 2.21. The summed E-state index contributed by atoms with van der Waals surface area (Å²) < 4.78 is 27.4. The summed E-state index contributed by atoms with van der Waals surface area (Å²) >= 11 is 5.71. The van der Waals surface area contributed by atoms with Crippen LogP contribution >= 0.6 is 11.6 Å².